The number of hydrogen-bond acceptors (Lipinski definition) is 4. The lowest BCUT2D eigenvalue weighted by Gasteiger charge is -2.04. The fraction of sp³-hybridized carbons (Fsp3) is 0.385. The summed E-state index contributed by atoms with van der Waals surface area (Å²) in [6.07, 6.45) is 1.78. The summed E-state index contributed by atoms with van der Waals surface area (Å²) >= 11 is 0. The van der Waals surface area contributed by atoms with Crippen LogP contribution in [0, 0.1) is 0 Å². The van der Waals surface area contributed by atoms with Gasteiger partial charge in [0, 0.05) is 6.54 Å². The molecule has 0 amide bonds. The van der Waals surface area contributed by atoms with E-state index in [0.29, 0.717) is 6.61 Å². The third-order valence-electron chi connectivity index (χ3n) is 2.47. The van der Waals surface area contributed by atoms with Crippen molar-refractivity contribution >= 4 is 0 Å². The zero-order valence-corrected chi connectivity index (χ0v) is 10.8. The third-order valence-corrected chi connectivity index (χ3v) is 2.47. The second-order valence-electron chi connectivity index (χ2n) is 3.83. The molecule has 2 rings (SSSR count). The molecule has 0 aliphatic carbocycles. The first-order valence-electron chi connectivity index (χ1n) is 6.18. The van der Waals surface area contributed by atoms with Gasteiger partial charge in [-0.25, -0.2) is 0 Å². The standard InChI is InChI=1S/C13H18N4O/c1-3-14-9-11-10-15-17(16-11)12-5-7-13(8-6-12)18-4-2/h5-8,10,14H,3-4,9H2,1-2H3. The minimum absolute atomic E-state index is 0.673. The molecule has 0 aliphatic rings. The van der Waals surface area contributed by atoms with E-state index in [4.69, 9.17) is 4.74 Å². The number of ether oxygens (including phenoxy) is 1. The van der Waals surface area contributed by atoms with Crippen molar-refractivity contribution in [2.45, 2.75) is 20.4 Å². The number of nitrogens with zero attached hydrogens (tertiary/aromatic N) is 3. The molecule has 0 saturated carbocycles. The molecule has 0 fully saturated rings. The van der Waals surface area contributed by atoms with E-state index in [-0.39, 0.29) is 0 Å². The van der Waals surface area contributed by atoms with Gasteiger partial charge >= 0.3 is 0 Å². The molecule has 0 spiro atoms. The molecular formula is C13H18N4O. The second-order valence-corrected chi connectivity index (χ2v) is 3.83. The highest BCUT2D eigenvalue weighted by molar-refractivity contribution is 5.35. The molecule has 0 aliphatic heterocycles. The smallest absolute Gasteiger partial charge is 0.119 e. The van der Waals surface area contributed by atoms with E-state index in [2.05, 4.69) is 22.4 Å². The van der Waals surface area contributed by atoms with Gasteiger partial charge in [-0.15, -0.1) is 0 Å². The molecule has 0 atom stereocenters. The van der Waals surface area contributed by atoms with Crippen molar-refractivity contribution in [2.24, 2.45) is 0 Å². The van der Waals surface area contributed by atoms with E-state index < -0.39 is 0 Å². The lowest BCUT2D eigenvalue weighted by atomic mass is 10.3. The summed E-state index contributed by atoms with van der Waals surface area (Å²) in [6, 6.07) is 7.74. The van der Waals surface area contributed by atoms with E-state index in [9.17, 15) is 0 Å². The van der Waals surface area contributed by atoms with E-state index in [1.165, 1.54) is 0 Å². The van der Waals surface area contributed by atoms with Gasteiger partial charge in [-0.05, 0) is 37.7 Å². The number of benzene rings is 1. The summed E-state index contributed by atoms with van der Waals surface area (Å²) in [6.45, 7) is 6.38. The Morgan fingerprint density at radius 1 is 1.22 bits per heavy atom. The Kier molecular flexibility index (Phi) is 4.30. The third kappa shape index (κ3) is 3.07. The predicted octanol–water partition coefficient (Wildman–Crippen LogP) is 1.78. The van der Waals surface area contributed by atoms with Crippen LogP contribution in [0.2, 0.25) is 0 Å². The Bertz CT molecular complexity index is 478. The van der Waals surface area contributed by atoms with Gasteiger partial charge < -0.3 is 10.1 Å². The minimum atomic E-state index is 0.673. The van der Waals surface area contributed by atoms with Gasteiger partial charge in [0.05, 0.1) is 24.2 Å². The monoisotopic (exact) mass is 246 g/mol. The summed E-state index contributed by atoms with van der Waals surface area (Å²) in [5.74, 6) is 0.862. The van der Waals surface area contributed by atoms with Crippen molar-refractivity contribution in [2.75, 3.05) is 13.2 Å². The van der Waals surface area contributed by atoms with Crippen LogP contribution >= 0.6 is 0 Å². The molecule has 1 aromatic heterocycles. The Morgan fingerprint density at radius 3 is 2.67 bits per heavy atom. The summed E-state index contributed by atoms with van der Waals surface area (Å²) in [7, 11) is 0. The Hall–Kier alpha value is -1.88. The van der Waals surface area contributed by atoms with Crippen LogP contribution in [-0.4, -0.2) is 28.1 Å². The number of hydrogen-bond donors (Lipinski definition) is 1. The fourth-order valence-electron chi connectivity index (χ4n) is 1.60. The molecule has 0 radical (unpaired) electrons. The van der Waals surface area contributed by atoms with Gasteiger partial charge in [-0.3, -0.25) is 0 Å². The molecule has 5 heteroatoms. The average molecular weight is 246 g/mol. The largest absolute Gasteiger partial charge is 0.494 e. The average Bonchev–Trinajstić information content (AvgIpc) is 2.86. The van der Waals surface area contributed by atoms with Gasteiger partial charge in [0.15, 0.2) is 0 Å². The molecule has 0 bridgehead atoms. The van der Waals surface area contributed by atoms with Crippen molar-refractivity contribution in [3.63, 3.8) is 0 Å². The summed E-state index contributed by atoms with van der Waals surface area (Å²) < 4.78 is 5.39. The highest BCUT2D eigenvalue weighted by atomic mass is 16.5. The van der Waals surface area contributed by atoms with Crippen LogP contribution in [-0.2, 0) is 6.54 Å². The highest BCUT2D eigenvalue weighted by Gasteiger charge is 2.02. The van der Waals surface area contributed by atoms with Crippen LogP contribution < -0.4 is 10.1 Å². The molecular weight excluding hydrogens is 228 g/mol. The van der Waals surface area contributed by atoms with Crippen LogP contribution in [0.15, 0.2) is 30.5 Å². The molecule has 2 aromatic rings. The summed E-state index contributed by atoms with van der Waals surface area (Å²) in [4.78, 5) is 1.63. The maximum absolute atomic E-state index is 5.39. The van der Waals surface area contributed by atoms with E-state index >= 15 is 0 Å². The van der Waals surface area contributed by atoms with E-state index in [1.54, 1.807) is 11.0 Å². The minimum Gasteiger partial charge on any atom is -0.494 e. The molecule has 0 unspecified atom stereocenters. The van der Waals surface area contributed by atoms with Crippen molar-refractivity contribution in [1.29, 1.82) is 0 Å². The lowest BCUT2D eigenvalue weighted by Crippen LogP contribution is -2.12. The first kappa shape index (κ1) is 12.6. The van der Waals surface area contributed by atoms with Crippen LogP contribution in [0.1, 0.15) is 19.5 Å². The Labute approximate surface area is 107 Å². The van der Waals surface area contributed by atoms with Gasteiger partial charge in [-0.2, -0.15) is 15.0 Å². The molecule has 1 heterocycles. The molecule has 96 valence electrons. The number of aromatic nitrogens is 3. The quantitative estimate of drug-likeness (QED) is 0.844. The highest BCUT2D eigenvalue weighted by Crippen LogP contribution is 2.14. The SMILES string of the molecule is CCNCc1cnn(-c2ccc(OCC)cc2)n1. The maximum Gasteiger partial charge on any atom is 0.119 e. The number of rotatable bonds is 6. The van der Waals surface area contributed by atoms with Crippen molar-refractivity contribution in [3.8, 4) is 11.4 Å². The van der Waals surface area contributed by atoms with Gasteiger partial charge in [0.25, 0.3) is 0 Å². The predicted molar refractivity (Wildman–Crippen MR) is 69.9 cm³/mol. The van der Waals surface area contributed by atoms with Crippen molar-refractivity contribution in [3.05, 3.63) is 36.2 Å². The van der Waals surface area contributed by atoms with Crippen LogP contribution in [0.4, 0.5) is 0 Å². The van der Waals surface area contributed by atoms with Crippen LogP contribution in [0.25, 0.3) is 5.69 Å². The molecule has 5 nitrogen and oxygen atoms in total. The van der Waals surface area contributed by atoms with Crippen molar-refractivity contribution in [1.82, 2.24) is 20.3 Å². The Balaban J connectivity index is 2.08. The first-order valence-corrected chi connectivity index (χ1v) is 6.18. The lowest BCUT2D eigenvalue weighted by molar-refractivity contribution is 0.340. The van der Waals surface area contributed by atoms with Crippen molar-refractivity contribution < 1.29 is 4.74 Å². The molecule has 1 aromatic carbocycles. The van der Waals surface area contributed by atoms with E-state index in [0.717, 1.165) is 30.2 Å². The summed E-state index contributed by atoms with van der Waals surface area (Å²) in [5, 5.41) is 11.9. The normalized spacial score (nSPS) is 10.6. The second kappa shape index (κ2) is 6.16. The maximum atomic E-state index is 5.39. The molecule has 1 N–H and O–H groups in total. The molecule has 18 heavy (non-hydrogen) atoms. The zero-order chi connectivity index (χ0) is 12.8. The Morgan fingerprint density at radius 2 is 2.00 bits per heavy atom. The first-order chi connectivity index (χ1) is 8.83. The van der Waals surface area contributed by atoms with Gasteiger partial charge in [-0.1, -0.05) is 6.92 Å². The summed E-state index contributed by atoms with van der Waals surface area (Å²) in [5.41, 5.74) is 1.87. The number of nitrogens with one attached hydrogen (secondary N) is 1. The van der Waals surface area contributed by atoms with Crippen LogP contribution in [0.5, 0.6) is 5.75 Å². The zero-order valence-electron chi connectivity index (χ0n) is 10.8. The van der Waals surface area contributed by atoms with Crippen LogP contribution in [0.3, 0.4) is 0 Å². The molecule has 0 saturated heterocycles. The van der Waals surface area contributed by atoms with E-state index in [1.807, 2.05) is 31.2 Å². The van der Waals surface area contributed by atoms with Gasteiger partial charge in [0.1, 0.15) is 5.75 Å². The van der Waals surface area contributed by atoms with Gasteiger partial charge in [0.2, 0.25) is 0 Å². The topological polar surface area (TPSA) is 52.0 Å². The fourth-order valence-corrected chi connectivity index (χ4v) is 1.60.